The van der Waals surface area contributed by atoms with E-state index in [2.05, 4.69) is 33.8 Å². The average molecular weight is 365 g/mol. The fourth-order valence-corrected chi connectivity index (χ4v) is 4.02. The first kappa shape index (κ1) is 16.6. The van der Waals surface area contributed by atoms with E-state index in [0.29, 0.717) is 11.2 Å². The minimum absolute atomic E-state index is 0.193. The van der Waals surface area contributed by atoms with Crippen molar-refractivity contribution >= 4 is 32.3 Å². The molecule has 0 unspecified atom stereocenters. The summed E-state index contributed by atoms with van der Waals surface area (Å²) in [7, 11) is -3.67. The SMILES string of the molecule is CCc1ccc(NS(=O)(=O)c2ccc3[nH]c(C4=CCC=C4)nc3c2)cc1. The number of hydrogen-bond donors (Lipinski definition) is 2. The Kier molecular flexibility index (Phi) is 4.12. The van der Waals surface area contributed by atoms with Gasteiger partial charge >= 0.3 is 0 Å². The van der Waals surface area contributed by atoms with Crippen LogP contribution in [0.5, 0.6) is 0 Å². The molecule has 3 aromatic rings. The van der Waals surface area contributed by atoms with E-state index in [-0.39, 0.29) is 4.90 Å². The number of sulfonamides is 1. The van der Waals surface area contributed by atoms with Crippen LogP contribution in [0.15, 0.2) is 65.6 Å². The quantitative estimate of drug-likeness (QED) is 0.709. The van der Waals surface area contributed by atoms with Crippen LogP contribution in [0.1, 0.15) is 24.7 Å². The molecule has 0 amide bonds. The maximum Gasteiger partial charge on any atom is 0.261 e. The van der Waals surface area contributed by atoms with Crippen LogP contribution in [-0.4, -0.2) is 18.4 Å². The topological polar surface area (TPSA) is 74.8 Å². The van der Waals surface area contributed by atoms with E-state index in [1.165, 1.54) is 0 Å². The molecule has 1 aromatic heterocycles. The first-order valence-corrected chi connectivity index (χ1v) is 10.0. The van der Waals surface area contributed by atoms with Gasteiger partial charge in [0.05, 0.1) is 15.9 Å². The van der Waals surface area contributed by atoms with Crippen molar-refractivity contribution in [3.63, 3.8) is 0 Å². The van der Waals surface area contributed by atoms with Gasteiger partial charge in [-0.05, 0) is 48.7 Å². The van der Waals surface area contributed by atoms with Gasteiger partial charge in [-0.3, -0.25) is 4.72 Å². The van der Waals surface area contributed by atoms with Crippen molar-refractivity contribution in [2.45, 2.75) is 24.7 Å². The second-order valence-corrected chi connectivity index (χ2v) is 7.90. The molecule has 0 aliphatic heterocycles. The first-order valence-electron chi connectivity index (χ1n) is 8.54. The molecule has 1 aliphatic carbocycles. The normalized spacial score (nSPS) is 14.0. The minimum atomic E-state index is -3.67. The van der Waals surface area contributed by atoms with Crippen LogP contribution in [0.3, 0.4) is 0 Å². The smallest absolute Gasteiger partial charge is 0.261 e. The monoisotopic (exact) mass is 365 g/mol. The number of rotatable bonds is 5. The van der Waals surface area contributed by atoms with Crippen molar-refractivity contribution in [2.24, 2.45) is 0 Å². The van der Waals surface area contributed by atoms with Crippen LogP contribution in [0.25, 0.3) is 16.6 Å². The standard InChI is InChI=1S/C20H19N3O2S/c1-2-14-7-9-16(10-8-14)23-26(24,25)17-11-12-18-19(13-17)22-20(21-18)15-5-3-4-6-15/h3,5-13,23H,2,4H2,1H3,(H,21,22). The van der Waals surface area contributed by atoms with Crippen molar-refractivity contribution in [1.82, 2.24) is 9.97 Å². The Morgan fingerprint density at radius 3 is 2.65 bits per heavy atom. The molecule has 0 fully saturated rings. The number of aryl methyl sites for hydroxylation is 1. The lowest BCUT2D eigenvalue weighted by Gasteiger charge is -2.08. The Morgan fingerprint density at radius 1 is 1.15 bits per heavy atom. The maximum atomic E-state index is 12.7. The van der Waals surface area contributed by atoms with E-state index in [4.69, 9.17) is 0 Å². The van der Waals surface area contributed by atoms with Crippen molar-refractivity contribution in [3.05, 3.63) is 72.1 Å². The molecule has 132 valence electrons. The summed E-state index contributed by atoms with van der Waals surface area (Å²) in [6.45, 7) is 2.06. The molecule has 0 saturated carbocycles. The Balaban J connectivity index is 1.64. The number of nitrogens with one attached hydrogen (secondary N) is 2. The van der Waals surface area contributed by atoms with Gasteiger partial charge in [0.15, 0.2) is 0 Å². The first-order chi connectivity index (χ1) is 12.5. The van der Waals surface area contributed by atoms with E-state index in [9.17, 15) is 8.42 Å². The van der Waals surface area contributed by atoms with Crippen LogP contribution in [0.4, 0.5) is 5.69 Å². The summed E-state index contributed by atoms with van der Waals surface area (Å²) in [5, 5.41) is 0. The number of H-pyrrole nitrogens is 1. The van der Waals surface area contributed by atoms with Gasteiger partial charge in [-0.15, -0.1) is 0 Å². The average Bonchev–Trinajstić information content (AvgIpc) is 3.30. The summed E-state index contributed by atoms with van der Waals surface area (Å²) < 4.78 is 28.0. The lowest BCUT2D eigenvalue weighted by Crippen LogP contribution is -2.12. The molecular formula is C20H19N3O2S. The minimum Gasteiger partial charge on any atom is -0.338 e. The summed E-state index contributed by atoms with van der Waals surface area (Å²) >= 11 is 0. The maximum absolute atomic E-state index is 12.7. The number of aromatic amines is 1. The third-order valence-electron chi connectivity index (χ3n) is 4.42. The van der Waals surface area contributed by atoms with Gasteiger partial charge in [0.2, 0.25) is 0 Å². The largest absolute Gasteiger partial charge is 0.338 e. The van der Waals surface area contributed by atoms with Crippen LogP contribution in [0, 0.1) is 0 Å². The molecule has 26 heavy (non-hydrogen) atoms. The van der Waals surface area contributed by atoms with Crippen molar-refractivity contribution in [2.75, 3.05) is 4.72 Å². The van der Waals surface area contributed by atoms with E-state index in [1.54, 1.807) is 30.3 Å². The summed E-state index contributed by atoms with van der Waals surface area (Å²) in [5.74, 6) is 0.756. The van der Waals surface area contributed by atoms with Gasteiger partial charge in [-0.2, -0.15) is 0 Å². The molecule has 0 radical (unpaired) electrons. The fourth-order valence-electron chi connectivity index (χ4n) is 2.95. The van der Waals surface area contributed by atoms with Crippen LogP contribution < -0.4 is 4.72 Å². The zero-order chi connectivity index (χ0) is 18.1. The van der Waals surface area contributed by atoms with Crippen molar-refractivity contribution < 1.29 is 8.42 Å². The second kappa shape index (κ2) is 6.46. The molecular weight excluding hydrogens is 346 g/mol. The van der Waals surface area contributed by atoms with Gasteiger partial charge in [-0.1, -0.05) is 37.3 Å². The summed E-state index contributed by atoms with van der Waals surface area (Å²) in [6, 6.07) is 12.3. The van der Waals surface area contributed by atoms with Crippen molar-refractivity contribution in [3.8, 4) is 0 Å². The Morgan fingerprint density at radius 2 is 1.96 bits per heavy atom. The number of fused-ring (bicyclic) bond motifs is 1. The predicted molar refractivity (Wildman–Crippen MR) is 104 cm³/mol. The predicted octanol–water partition coefficient (Wildman–Crippen LogP) is 4.27. The van der Waals surface area contributed by atoms with Gasteiger partial charge in [-0.25, -0.2) is 13.4 Å². The van der Waals surface area contributed by atoms with Gasteiger partial charge in [0.1, 0.15) is 5.82 Å². The summed E-state index contributed by atoms with van der Waals surface area (Å²) in [6.07, 6.45) is 7.96. The zero-order valence-corrected chi connectivity index (χ0v) is 15.2. The number of allylic oxidation sites excluding steroid dienone is 4. The third kappa shape index (κ3) is 3.15. The van der Waals surface area contributed by atoms with Gasteiger partial charge in [0, 0.05) is 11.3 Å². The molecule has 0 bridgehead atoms. The third-order valence-corrected chi connectivity index (χ3v) is 5.80. The zero-order valence-electron chi connectivity index (χ0n) is 14.4. The van der Waals surface area contributed by atoms with Crippen LogP contribution in [0.2, 0.25) is 0 Å². The van der Waals surface area contributed by atoms with Crippen molar-refractivity contribution in [1.29, 1.82) is 0 Å². The van der Waals surface area contributed by atoms with E-state index < -0.39 is 10.0 Å². The number of benzene rings is 2. The summed E-state index contributed by atoms with van der Waals surface area (Å²) in [5.41, 5.74) is 4.18. The number of aromatic nitrogens is 2. The Labute approximate surface area is 152 Å². The van der Waals surface area contributed by atoms with Gasteiger partial charge < -0.3 is 4.98 Å². The highest BCUT2D eigenvalue weighted by Gasteiger charge is 2.16. The molecule has 2 N–H and O–H groups in total. The molecule has 6 heteroatoms. The lowest BCUT2D eigenvalue weighted by molar-refractivity contribution is 0.601. The van der Waals surface area contributed by atoms with E-state index >= 15 is 0 Å². The molecule has 4 rings (SSSR count). The van der Waals surface area contributed by atoms with E-state index in [0.717, 1.165) is 35.3 Å². The van der Waals surface area contributed by atoms with Crippen LogP contribution in [-0.2, 0) is 16.4 Å². The van der Waals surface area contributed by atoms with Gasteiger partial charge in [0.25, 0.3) is 10.0 Å². The number of imidazole rings is 1. The second-order valence-electron chi connectivity index (χ2n) is 6.22. The molecule has 1 aliphatic rings. The molecule has 2 aromatic carbocycles. The number of hydrogen-bond acceptors (Lipinski definition) is 3. The number of anilines is 1. The Hall–Kier alpha value is -2.86. The summed E-state index contributed by atoms with van der Waals surface area (Å²) in [4.78, 5) is 7.96. The number of nitrogens with zero attached hydrogens (tertiary/aromatic N) is 1. The highest BCUT2D eigenvalue weighted by atomic mass is 32.2. The molecule has 0 atom stereocenters. The lowest BCUT2D eigenvalue weighted by atomic mass is 10.2. The molecule has 1 heterocycles. The van der Waals surface area contributed by atoms with E-state index in [1.807, 2.05) is 18.2 Å². The molecule has 0 spiro atoms. The molecule has 5 nitrogen and oxygen atoms in total. The fraction of sp³-hybridized carbons (Fsp3) is 0.150. The highest BCUT2D eigenvalue weighted by molar-refractivity contribution is 7.92. The molecule has 0 saturated heterocycles. The van der Waals surface area contributed by atoms with Crippen LogP contribution >= 0.6 is 0 Å². The Bertz CT molecular complexity index is 1120. The highest BCUT2D eigenvalue weighted by Crippen LogP contribution is 2.25.